The molecule has 0 bridgehead atoms. The highest BCUT2D eigenvalue weighted by Gasteiger charge is 2.33. The molecule has 1 aliphatic rings. The van der Waals surface area contributed by atoms with Crippen LogP contribution in [0.2, 0.25) is 0 Å². The number of carbonyl (C=O) groups is 2. The molecule has 154 valence electrons. The summed E-state index contributed by atoms with van der Waals surface area (Å²) in [5.74, 6) is -0.803. The van der Waals surface area contributed by atoms with Gasteiger partial charge >= 0.3 is 6.03 Å². The normalized spacial score (nSPS) is 15.8. The fourth-order valence-corrected chi connectivity index (χ4v) is 4.32. The van der Waals surface area contributed by atoms with E-state index < -0.39 is 5.91 Å². The third-order valence-electron chi connectivity index (χ3n) is 4.63. The standard InChI is InChI=1S/C20H17BrFN5O2S/c21-12-3-7-15(8-4-12)24-20(29)27-11-1-2-16(27)18-25-26-19(30-18)17(28)23-14-9-5-13(22)6-10-14/h3-10,16H,1-2,11H2,(H,23,28)(H,24,29). The van der Waals surface area contributed by atoms with E-state index in [0.29, 0.717) is 22.9 Å². The minimum Gasteiger partial charge on any atom is -0.320 e. The van der Waals surface area contributed by atoms with E-state index in [1.54, 1.807) is 4.90 Å². The van der Waals surface area contributed by atoms with E-state index in [9.17, 15) is 14.0 Å². The number of anilines is 2. The predicted molar refractivity (Wildman–Crippen MR) is 116 cm³/mol. The zero-order valence-electron chi connectivity index (χ0n) is 15.6. The van der Waals surface area contributed by atoms with Gasteiger partial charge in [0, 0.05) is 22.4 Å². The van der Waals surface area contributed by atoms with Crippen molar-refractivity contribution in [2.24, 2.45) is 0 Å². The molecule has 2 N–H and O–H groups in total. The summed E-state index contributed by atoms with van der Waals surface area (Å²) < 4.78 is 13.9. The number of likely N-dealkylation sites (tertiary alicyclic amines) is 1. The first-order chi connectivity index (χ1) is 14.5. The summed E-state index contributed by atoms with van der Waals surface area (Å²) >= 11 is 4.52. The van der Waals surface area contributed by atoms with Gasteiger partial charge in [0.05, 0.1) is 6.04 Å². The predicted octanol–water partition coefficient (Wildman–Crippen LogP) is 5.06. The van der Waals surface area contributed by atoms with Gasteiger partial charge < -0.3 is 15.5 Å². The number of benzene rings is 2. The molecule has 1 fully saturated rings. The van der Waals surface area contributed by atoms with Crippen LogP contribution >= 0.6 is 27.3 Å². The van der Waals surface area contributed by atoms with Crippen molar-refractivity contribution in [1.82, 2.24) is 15.1 Å². The lowest BCUT2D eigenvalue weighted by atomic mass is 10.2. The highest BCUT2D eigenvalue weighted by Crippen LogP contribution is 2.34. The monoisotopic (exact) mass is 489 g/mol. The molecule has 0 radical (unpaired) electrons. The number of hydrogen-bond donors (Lipinski definition) is 2. The number of nitrogens with zero attached hydrogens (tertiary/aromatic N) is 3. The lowest BCUT2D eigenvalue weighted by molar-refractivity contribution is 0.102. The largest absolute Gasteiger partial charge is 0.322 e. The number of rotatable bonds is 4. The van der Waals surface area contributed by atoms with E-state index in [4.69, 9.17) is 0 Å². The molecule has 30 heavy (non-hydrogen) atoms. The molecular formula is C20H17BrFN5O2S. The molecule has 4 rings (SSSR count). The molecule has 1 aliphatic heterocycles. The lowest BCUT2D eigenvalue weighted by Gasteiger charge is -2.23. The highest BCUT2D eigenvalue weighted by molar-refractivity contribution is 9.10. The van der Waals surface area contributed by atoms with Crippen LogP contribution < -0.4 is 10.6 Å². The second-order valence-electron chi connectivity index (χ2n) is 6.69. The number of halogens is 2. The summed E-state index contributed by atoms with van der Waals surface area (Å²) in [5.41, 5.74) is 1.17. The van der Waals surface area contributed by atoms with Crippen molar-refractivity contribution in [3.8, 4) is 0 Å². The number of hydrogen-bond acceptors (Lipinski definition) is 5. The van der Waals surface area contributed by atoms with Crippen molar-refractivity contribution in [2.75, 3.05) is 17.2 Å². The van der Waals surface area contributed by atoms with E-state index in [1.165, 1.54) is 24.3 Å². The first-order valence-corrected chi connectivity index (χ1v) is 10.8. The summed E-state index contributed by atoms with van der Waals surface area (Å²) in [7, 11) is 0. The van der Waals surface area contributed by atoms with Gasteiger partial charge in [-0.2, -0.15) is 0 Å². The average Bonchev–Trinajstić information content (AvgIpc) is 3.40. The van der Waals surface area contributed by atoms with Crippen LogP contribution in [0.1, 0.15) is 33.7 Å². The van der Waals surface area contributed by atoms with Crippen molar-refractivity contribution in [3.05, 3.63) is 68.8 Å². The fraction of sp³-hybridized carbons (Fsp3) is 0.200. The molecular weight excluding hydrogens is 473 g/mol. The average molecular weight is 490 g/mol. The van der Waals surface area contributed by atoms with E-state index >= 15 is 0 Å². The van der Waals surface area contributed by atoms with Crippen LogP contribution in [0.25, 0.3) is 0 Å². The second-order valence-corrected chi connectivity index (χ2v) is 8.62. The van der Waals surface area contributed by atoms with Crippen molar-refractivity contribution >= 4 is 50.6 Å². The van der Waals surface area contributed by atoms with Gasteiger partial charge in [0.15, 0.2) is 0 Å². The highest BCUT2D eigenvalue weighted by atomic mass is 79.9. The van der Waals surface area contributed by atoms with Crippen LogP contribution in [-0.4, -0.2) is 33.6 Å². The number of urea groups is 1. The minimum absolute atomic E-state index is 0.189. The third kappa shape index (κ3) is 4.65. The van der Waals surface area contributed by atoms with Gasteiger partial charge in [0.1, 0.15) is 10.8 Å². The quantitative estimate of drug-likeness (QED) is 0.535. The molecule has 10 heteroatoms. The Labute approximate surface area is 184 Å². The van der Waals surface area contributed by atoms with Gasteiger partial charge in [-0.1, -0.05) is 27.3 Å². The number of aromatic nitrogens is 2. The molecule has 0 spiro atoms. The maximum absolute atomic E-state index is 13.0. The number of carbonyl (C=O) groups excluding carboxylic acids is 2. The molecule has 3 amide bonds. The van der Waals surface area contributed by atoms with Gasteiger partial charge in [-0.25, -0.2) is 9.18 Å². The van der Waals surface area contributed by atoms with Crippen molar-refractivity contribution in [1.29, 1.82) is 0 Å². The number of amides is 3. The zero-order chi connectivity index (χ0) is 21.1. The van der Waals surface area contributed by atoms with Crippen LogP contribution in [0.5, 0.6) is 0 Å². The molecule has 0 aliphatic carbocycles. The molecule has 2 aromatic carbocycles. The summed E-state index contributed by atoms with van der Waals surface area (Å²) in [6.07, 6.45) is 1.59. The number of nitrogens with one attached hydrogen (secondary N) is 2. The summed E-state index contributed by atoms with van der Waals surface area (Å²) in [6, 6.07) is 12.4. The topological polar surface area (TPSA) is 87.2 Å². The fourth-order valence-electron chi connectivity index (χ4n) is 3.17. The summed E-state index contributed by atoms with van der Waals surface area (Å²) in [5, 5.41) is 14.5. The van der Waals surface area contributed by atoms with Crippen LogP contribution in [0.15, 0.2) is 53.0 Å². The molecule has 2 heterocycles. The van der Waals surface area contributed by atoms with Crippen LogP contribution in [-0.2, 0) is 0 Å². The maximum atomic E-state index is 13.0. The Morgan fingerprint density at radius 3 is 2.43 bits per heavy atom. The lowest BCUT2D eigenvalue weighted by Crippen LogP contribution is -2.34. The molecule has 1 aromatic heterocycles. The molecule has 1 atom stereocenters. The van der Waals surface area contributed by atoms with E-state index in [0.717, 1.165) is 28.7 Å². The van der Waals surface area contributed by atoms with E-state index in [1.807, 2.05) is 24.3 Å². The van der Waals surface area contributed by atoms with Gasteiger partial charge in [-0.3, -0.25) is 4.79 Å². The van der Waals surface area contributed by atoms with Gasteiger partial charge in [0.25, 0.3) is 5.91 Å². The SMILES string of the molecule is O=C(Nc1ccc(F)cc1)c1nnc(C2CCCN2C(=O)Nc2ccc(Br)cc2)s1. The minimum atomic E-state index is -0.422. The Kier molecular flexibility index (Phi) is 6.05. The van der Waals surface area contributed by atoms with Crippen molar-refractivity contribution in [3.63, 3.8) is 0 Å². The summed E-state index contributed by atoms with van der Waals surface area (Å²) in [6.45, 7) is 0.601. The Morgan fingerprint density at radius 2 is 1.70 bits per heavy atom. The second kappa shape index (κ2) is 8.88. The first-order valence-electron chi connectivity index (χ1n) is 9.23. The van der Waals surface area contributed by atoms with Crippen LogP contribution in [0.3, 0.4) is 0 Å². The van der Waals surface area contributed by atoms with Crippen LogP contribution in [0, 0.1) is 5.82 Å². The maximum Gasteiger partial charge on any atom is 0.322 e. The van der Waals surface area contributed by atoms with E-state index in [2.05, 4.69) is 36.8 Å². The molecule has 3 aromatic rings. The van der Waals surface area contributed by atoms with Crippen LogP contribution in [0.4, 0.5) is 20.6 Å². The zero-order valence-corrected chi connectivity index (χ0v) is 18.0. The molecule has 7 nitrogen and oxygen atoms in total. The summed E-state index contributed by atoms with van der Waals surface area (Å²) in [4.78, 5) is 26.9. The third-order valence-corrected chi connectivity index (χ3v) is 6.18. The van der Waals surface area contributed by atoms with Gasteiger partial charge in [-0.05, 0) is 61.4 Å². The van der Waals surface area contributed by atoms with E-state index in [-0.39, 0.29) is 22.9 Å². The Balaban J connectivity index is 1.43. The molecule has 1 saturated heterocycles. The first kappa shape index (κ1) is 20.4. The Hall–Kier alpha value is -2.85. The van der Waals surface area contributed by atoms with Crippen molar-refractivity contribution in [2.45, 2.75) is 18.9 Å². The van der Waals surface area contributed by atoms with Crippen molar-refractivity contribution < 1.29 is 14.0 Å². The Morgan fingerprint density at radius 1 is 1.03 bits per heavy atom. The molecule has 0 saturated carbocycles. The van der Waals surface area contributed by atoms with Gasteiger partial charge in [0.2, 0.25) is 5.01 Å². The Bertz CT molecular complexity index is 1060. The van der Waals surface area contributed by atoms with Gasteiger partial charge in [-0.15, -0.1) is 10.2 Å². The smallest absolute Gasteiger partial charge is 0.320 e. The molecule has 1 unspecified atom stereocenters.